The molecular weight excluding hydrogens is 276 g/mol. The Balaban J connectivity index is 2.24. The van der Waals surface area contributed by atoms with Gasteiger partial charge < -0.3 is 5.32 Å². The van der Waals surface area contributed by atoms with E-state index in [0.29, 0.717) is 16.9 Å². The highest BCUT2D eigenvalue weighted by atomic mass is 32.2. The predicted molar refractivity (Wildman–Crippen MR) is 76.3 cm³/mol. The van der Waals surface area contributed by atoms with Gasteiger partial charge in [0.25, 0.3) is 10.0 Å². The third-order valence-corrected chi connectivity index (χ3v) is 4.92. The Morgan fingerprint density at radius 3 is 2.40 bits per heavy atom. The summed E-state index contributed by atoms with van der Waals surface area (Å²) >= 11 is 0. The average molecular weight is 288 g/mol. The minimum absolute atomic E-state index is 0.0999. The summed E-state index contributed by atoms with van der Waals surface area (Å²) in [7, 11) is -3.89. The van der Waals surface area contributed by atoms with E-state index in [1.54, 1.807) is 49.4 Å². The van der Waals surface area contributed by atoms with E-state index in [4.69, 9.17) is 0 Å². The van der Waals surface area contributed by atoms with E-state index >= 15 is 0 Å². The van der Waals surface area contributed by atoms with Crippen molar-refractivity contribution in [2.45, 2.75) is 11.8 Å². The average Bonchev–Trinajstić information content (AvgIpc) is 2.40. The van der Waals surface area contributed by atoms with Gasteiger partial charge in [0.1, 0.15) is 4.90 Å². The maximum atomic E-state index is 12.6. The van der Waals surface area contributed by atoms with Crippen molar-refractivity contribution >= 4 is 27.4 Å². The number of carbonyl (C=O) groups excluding carboxylic acids is 1. The summed E-state index contributed by atoms with van der Waals surface area (Å²) < 4.78 is 26.1. The van der Waals surface area contributed by atoms with Crippen molar-refractivity contribution in [3.63, 3.8) is 0 Å². The molecule has 0 spiro atoms. The molecule has 0 fully saturated rings. The molecule has 0 saturated heterocycles. The molecule has 0 saturated carbocycles. The minimum atomic E-state index is -3.89. The fourth-order valence-corrected chi connectivity index (χ4v) is 3.77. The summed E-state index contributed by atoms with van der Waals surface area (Å²) in [6, 6.07) is 12.6. The van der Waals surface area contributed by atoms with Gasteiger partial charge in [-0.2, -0.15) is 4.31 Å². The molecule has 0 atom stereocenters. The normalized spacial score (nSPS) is 16.4. The van der Waals surface area contributed by atoms with Gasteiger partial charge in [0.05, 0.1) is 11.4 Å². The first-order chi connectivity index (χ1) is 9.51. The third-order valence-electron chi connectivity index (χ3n) is 3.17. The SMILES string of the molecule is Cc1ccccc1N1C(=O)Nc2ccccc2S1(=O)=O. The number of amides is 2. The number of aryl methyl sites for hydroxylation is 1. The largest absolute Gasteiger partial charge is 0.340 e. The second kappa shape index (κ2) is 4.35. The van der Waals surface area contributed by atoms with E-state index in [2.05, 4.69) is 5.32 Å². The number of benzene rings is 2. The van der Waals surface area contributed by atoms with Crippen molar-refractivity contribution in [2.24, 2.45) is 0 Å². The van der Waals surface area contributed by atoms with Gasteiger partial charge in [-0.05, 0) is 30.7 Å². The van der Waals surface area contributed by atoms with Crippen LogP contribution in [0.4, 0.5) is 16.2 Å². The van der Waals surface area contributed by atoms with Crippen molar-refractivity contribution < 1.29 is 13.2 Å². The topological polar surface area (TPSA) is 66.5 Å². The zero-order valence-corrected chi connectivity index (χ0v) is 11.5. The van der Waals surface area contributed by atoms with Crippen LogP contribution < -0.4 is 9.62 Å². The summed E-state index contributed by atoms with van der Waals surface area (Å²) in [5.41, 5.74) is 1.38. The zero-order chi connectivity index (χ0) is 14.3. The summed E-state index contributed by atoms with van der Waals surface area (Å²) in [6.45, 7) is 1.76. The smallest absolute Gasteiger partial charge is 0.305 e. The van der Waals surface area contributed by atoms with Crippen molar-refractivity contribution in [2.75, 3.05) is 9.62 Å². The molecule has 102 valence electrons. The van der Waals surface area contributed by atoms with E-state index in [1.165, 1.54) is 6.07 Å². The van der Waals surface area contributed by atoms with Crippen LogP contribution in [0.25, 0.3) is 0 Å². The highest BCUT2D eigenvalue weighted by Gasteiger charge is 2.38. The third kappa shape index (κ3) is 1.77. The molecule has 1 aliphatic heterocycles. The molecule has 0 aliphatic carbocycles. The first-order valence-electron chi connectivity index (χ1n) is 6.03. The maximum absolute atomic E-state index is 12.6. The van der Waals surface area contributed by atoms with Gasteiger partial charge in [-0.3, -0.25) is 0 Å². The number of nitrogens with zero attached hydrogens (tertiary/aromatic N) is 1. The number of hydrogen-bond donors (Lipinski definition) is 1. The van der Waals surface area contributed by atoms with Gasteiger partial charge in [0, 0.05) is 0 Å². The van der Waals surface area contributed by atoms with E-state index in [0.717, 1.165) is 4.31 Å². The number of urea groups is 1. The number of carbonyl (C=O) groups is 1. The summed E-state index contributed by atoms with van der Waals surface area (Å²) in [4.78, 5) is 12.3. The highest BCUT2D eigenvalue weighted by Crippen LogP contribution is 2.34. The van der Waals surface area contributed by atoms with Crippen molar-refractivity contribution in [1.82, 2.24) is 0 Å². The van der Waals surface area contributed by atoms with Crippen LogP contribution in [-0.2, 0) is 10.0 Å². The number of fused-ring (bicyclic) bond motifs is 1. The molecule has 1 heterocycles. The maximum Gasteiger partial charge on any atom is 0.340 e. The van der Waals surface area contributed by atoms with Crippen molar-refractivity contribution in [3.05, 3.63) is 54.1 Å². The summed E-state index contributed by atoms with van der Waals surface area (Å²) in [5.74, 6) is 0. The fraction of sp³-hybridized carbons (Fsp3) is 0.0714. The van der Waals surface area contributed by atoms with Crippen molar-refractivity contribution in [3.8, 4) is 0 Å². The quantitative estimate of drug-likeness (QED) is 0.877. The standard InChI is InChI=1S/C14H12N2O3S/c1-10-6-2-4-8-12(10)16-14(17)15-11-7-3-5-9-13(11)20(16,18)19/h2-9H,1H3,(H,15,17). The first kappa shape index (κ1) is 12.7. The molecule has 20 heavy (non-hydrogen) atoms. The molecular formula is C14H12N2O3S. The molecule has 6 heteroatoms. The molecule has 3 rings (SSSR count). The number of hydrogen-bond acceptors (Lipinski definition) is 3. The van der Waals surface area contributed by atoms with Crippen LogP contribution in [0.2, 0.25) is 0 Å². The molecule has 5 nitrogen and oxygen atoms in total. The molecule has 0 unspecified atom stereocenters. The molecule has 2 aromatic rings. The highest BCUT2D eigenvalue weighted by molar-refractivity contribution is 7.94. The molecule has 1 aliphatic rings. The van der Waals surface area contributed by atoms with Gasteiger partial charge in [0.2, 0.25) is 0 Å². The number of para-hydroxylation sites is 2. The van der Waals surface area contributed by atoms with Crippen LogP contribution >= 0.6 is 0 Å². The molecule has 2 amide bonds. The fourth-order valence-electron chi connectivity index (χ4n) is 2.20. The van der Waals surface area contributed by atoms with Crippen LogP contribution in [0.1, 0.15) is 5.56 Å². The van der Waals surface area contributed by atoms with Gasteiger partial charge in [-0.25, -0.2) is 13.2 Å². The van der Waals surface area contributed by atoms with E-state index in [1.807, 2.05) is 0 Å². The Morgan fingerprint density at radius 1 is 1.00 bits per heavy atom. The lowest BCUT2D eigenvalue weighted by Crippen LogP contribution is -2.44. The molecule has 0 radical (unpaired) electrons. The molecule has 0 bridgehead atoms. The molecule has 2 aromatic carbocycles. The lowest BCUT2D eigenvalue weighted by Gasteiger charge is -2.29. The number of anilines is 2. The number of sulfonamides is 1. The van der Waals surface area contributed by atoms with Gasteiger partial charge in [-0.15, -0.1) is 0 Å². The number of nitrogens with one attached hydrogen (secondary N) is 1. The van der Waals surface area contributed by atoms with Crippen LogP contribution in [0.3, 0.4) is 0 Å². The predicted octanol–water partition coefficient (Wildman–Crippen LogP) is 2.74. The van der Waals surface area contributed by atoms with Crippen LogP contribution in [-0.4, -0.2) is 14.4 Å². The summed E-state index contributed by atoms with van der Waals surface area (Å²) in [5, 5.41) is 2.60. The Kier molecular flexibility index (Phi) is 2.76. The lowest BCUT2D eigenvalue weighted by atomic mass is 10.2. The van der Waals surface area contributed by atoms with Crippen LogP contribution in [0.5, 0.6) is 0 Å². The molecule has 0 aromatic heterocycles. The second-order valence-electron chi connectivity index (χ2n) is 4.48. The Hall–Kier alpha value is -2.34. The monoisotopic (exact) mass is 288 g/mol. The Bertz CT molecular complexity index is 800. The molecule has 1 N–H and O–H groups in total. The lowest BCUT2D eigenvalue weighted by molar-refractivity contribution is 0.259. The number of rotatable bonds is 1. The van der Waals surface area contributed by atoms with Gasteiger partial charge >= 0.3 is 6.03 Å². The minimum Gasteiger partial charge on any atom is -0.305 e. The van der Waals surface area contributed by atoms with E-state index < -0.39 is 16.1 Å². The van der Waals surface area contributed by atoms with E-state index in [9.17, 15) is 13.2 Å². The van der Waals surface area contributed by atoms with Crippen LogP contribution in [0, 0.1) is 6.92 Å². The Morgan fingerprint density at radius 2 is 1.65 bits per heavy atom. The van der Waals surface area contributed by atoms with Gasteiger partial charge in [-0.1, -0.05) is 30.3 Å². The first-order valence-corrected chi connectivity index (χ1v) is 7.47. The summed E-state index contributed by atoms with van der Waals surface area (Å²) in [6.07, 6.45) is 0. The van der Waals surface area contributed by atoms with E-state index in [-0.39, 0.29) is 4.90 Å². The zero-order valence-electron chi connectivity index (χ0n) is 10.7. The Labute approximate surface area is 116 Å². The van der Waals surface area contributed by atoms with Crippen LogP contribution in [0.15, 0.2) is 53.4 Å². The van der Waals surface area contributed by atoms with Crippen molar-refractivity contribution in [1.29, 1.82) is 0 Å². The second-order valence-corrected chi connectivity index (χ2v) is 6.24. The van der Waals surface area contributed by atoms with Gasteiger partial charge in [0.15, 0.2) is 0 Å².